The van der Waals surface area contributed by atoms with E-state index in [-0.39, 0.29) is 12.4 Å². The third kappa shape index (κ3) is 3.25. The van der Waals surface area contributed by atoms with E-state index in [0.29, 0.717) is 17.2 Å². The second-order valence-electron chi connectivity index (χ2n) is 4.82. The molecular formula is C16H18FNO. The molecule has 0 radical (unpaired) electrons. The van der Waals surface area contributed by atoms with Crippen LogP contribution in [0.2, 0.25) is 0 Å². The molecule has 2 N–H and O–H groups in total. The van der Waals surface area contributed by atoms with Crippen molar-refractivity contribution in [2.75, 3.05) is 5.73 Å². The highest BCUT2D eigenvalue weighted by Gasteiger charge is 2.07. The first-order chi connectivity index (χ1) is 9.08. The van der Waals surface area contributed by atoms with Gasteiger partial charge in [0, 0.05) is 11.3 Å². The molecule has 3 heteroatoms. The van der Waals surface area contributed by atoms with E-state index in [1.165, 1.54) is 11.6 Å². The third-order valence-corrected chi connectivity index (χ3v) is 3.06. The maximum absolute atomic E-state index is 13.6. The lowest BCUT2D eigenvalue weighted by Gasteiger charge is -2.11. The molecule has 0 fully saturated rings. The van der Waals surface area contributed by atoms with Crippen molar-refractivity contribution in [3.05, 3.63) is 59.4 Å². The molecular weight excluding hydrogens is 241 g/mol. The first-order valence-electron chi connectivity index (χ1n) is 6.33. The van der Waals surface area contributed by atoms with Gasteiger partial charge in [-0.05, 0) is 35.7 Å². The number of rotatable bonds is 4. The monoisotopic (exact) mass is 259 g/mol. The van der Waals surface area contributed by atoms with Gasteiger partial charge >= 0.3 is 0 Å². The predicted octanol–water partition coefficient (Wildman–Crippen LogP) is 4.11. The lowest BCUT2D eigenvalue weighted by Crippen LogP contribution is -2.03. The summed E-state index contributed by atoms with van der Waals surface area (Å²) in [6.45, 7) is 4.38. The van der Waals surface area contributed by atoms with Crippen molar-refractivity contribution in [2.45, 2.75) is 26.4 Å². The molecule has 0 spiro atoms. The molecule has 2 rings (SSSR count). The fourth-order valence-electron chi connectivity index (χ4n) is 1.85. The number of hydrogen-bond donors (Lipinski definition) is 1. The van der Waals surface area contributed by atoms with E-state index >= 15 is 0 Å². The minimum Gasteiger partial charge on any atom is -0.489 e. The van der Waals surface area contributed by atoms with E-state index in [2.05, 4.69) is 19.9 Å². The zero-order chi connectivity index (χ0) is 13.8. The standard InChI is InChI=1S/C16H18FNO/c1-11(2)12-5-3-6-13(9-12)19-10-14-15(17)7-4-8-16(14)18/h3-9,11H,10,18H2,1-2H3. The highest BCUT2D eigenvalue weighted by atomic mass is 19.1. The molecule has 0 aliphatic heterocycles. The minimum absolute atomic E-state index is 0.139. The molecule has 0 heterocycles. The zero-order valence-corrected chi connectivity index (χ0v) is 11.2. The fourth-order valence-corrected chi connectivity index (χ4v) is 1.85. The van der Waals surface area contributed by atoms with Gasteiger partial charge in [0.15, 0.2) is 0 Å². The van der Waals surface area contributed by atoms with Crippen LogP contribution in [0, 0.1) is 5.82 Å². The summed E-state index contributed by atoms with van der Waals surface area (Å²) in [7, 11) is 0. The van der Waals surface area contributed by atoms with Crippen molar-refractivity contribution in [3.8, 4) is 5.75 Å². The molecule has 19 heavy (non-hydrogen) atoms. The molecule has 0 amide bonds. The van der Waals surface area contributed by atoms with Crippen LogP contribution in [0.25, 0.3) is 0 Å². The summed E-state index contributed by atoms with van der Waals surface area (Å²) in [5.74, 6) is 0.830. The smallest absolute Gasteiger partial charge is 0.131 e. The highest BCUT2D eigenvalue weighted by molar-refractivity contribution is 5.47. The topological polar surface area (TPSA) is 35.2 Å². The third-order valence-electron chi connectivity index (χ3n) is 3.06. The van der Waals surface area contributed by atoms with Gasteiger partial charge in [0.1, 0.15) is 18.2 Å². The largest absolute Gasteiger partial charge is 0.489 e. The van der Waals surface area contributed by atoms with E-state index in [4.69, 9.17) is 10.5 Å². The summed E-state index contributed by atoms with van der Waals surface area (Å²) in [5.41, 5.74) is 7.75. The fraction of sp³-hybridized carbons (Fsp3) is 0.250. The van der Waals surface area contributed by atoms with Crippen molar-refractivity contribution in [3.63, 3.8) is 0 Å². The van der Waals surface area contributed by atoms with E-state index in [0.717, 1.165) is 5.75 Å². The second kappa shape index (κ2) is 5.74. The summed E-state index contributed by atoms with van der Waals surface area (Å²) in [4.78, 5) is 0. The second-order valence-corrected chi connectivity index (χ2v) is 4.82. The minimum atomic E-state index is -0.333. The van der Waals surface area contributed by atoms with Crippen LogP contribution in [0.3, 0.4) is 0 Å². The molecule has 2 nitrogen and oxygen atoms in total. The Labute approximate surface area is 113 Å². The summed E-state index contributed by atoms with van der Waals surface area (Å²) >= 11 is 0. The van der Waals surface area contributed by atoms with Gasteiger partial charge in [0.2, 0.25) is 0 Å². The maximum atomic E-state index is 13.6. The average molecular weight is 259 g/mol. The summed E-state index contributed by atoms with van der Waals surface area (Å²) in [5, 5.41) is 0. The van der Waals surface area contributed by atoms with Gasteiger partial charge in [0.05, 0.1) is 0 Å². The number of nitrogens with two attached hydrogens (primary N) is 1. The number of benzene rings is 2. The number of hydrogen-bond acceptors (Lipinski definition) is 2. The maximum Gasteiger partial charge on any atom is 0.131 e. The summed E-state index contributed by atoms with van der Waals surface area (Å²) in [6, 6.07) is 12.5. The number of halogens is 1. The van der Waals surface area contributed by atoms with Crippen molar-refractivity contribution in [2.24, 2.45) is 0 Å². The van der Waals surface area contributed by atoms with E-state index in [1.807, 2.05) is 18.2 Å². The summed E-state index contributed by atoms with van der Waals surface area (Å²) in [6.07, 6.45) is 0. The van der Waals surface area contributed by atoms with Crippen LogP contribution in [0.1, 0.15) is 30.9 Å². The first kappa shape index (κ1) is 13.4. The van der Waals surface area contributed by atoms with Gasteiger partial charge in [-0.3, -0.25) is 0 Å². The Morgan fingerprint density at radius 1 is 1.16 bits per heavy atom. The van der Waals surface area contributed by atoms with Gasteiger partial charge in [-0.1, -0.05) is 32.0 Å². The van der Waals surface area contributed by atoms with E-state index < -0.39 is 0 Å². The Balaban J connectivity index is 2.12. The lowest BCUT2D eigenvalue weighted by molar-refractivity contribution is 0.300. The van der Waals surface area contributed by atoms with Crippen molar-refractivity contribution in [1.82, 2.24) is 0 Å². The van der Waals surface area contributed by atoms with Crippen LogP contribution in [0.5, 0.6) is 5.75 Å². The number of ether oxygens (including phenoxy) is 1. The van der Waals surface area contributed by atoms with Gasteiger partial charge in [-0.2, -0.15) is 0 Å². The molecule has 0 aliphatic rings. The van der Waals surface area contributed by atoms with Gasteiger partial charge < -0.3 is 10.5 Å². The van der Waals surface area contributed by atoms with Crippen LogP contribution in [0.15, 0.2) is 42.5 Å². The lowest BCUT2D eigenvalue weighted by atomic mass is 10.0. The van der Waals surface area contributed by atoms with E-state index in [1.54, 1.807) is 12.1 Å². The van der Waals surface area contributed by atoms with Crippen LogP contribution < -0.4 is 10.5 Å². The molecule has 0 saturated heterocycles. The van der Waals surface area contributed by atoms with E-state index in [9.17, 15) is 4.39 Å². The average Bonchev–Trinajstić information content (AvgIpc) is 2.38. The zero-order valence-electron chi connectivity index (χ0n) is 11.2. The normalized spacial score (nSPS) is 10.7. The van der Waals surface area contributed by atoms with Crippen LogP contribution in [-0.2, 0) is 6.61 Å². The van der Waals surface area contributed by atoms with Gasteiger partial charge in [-0.15, -0.1) is 0 Å². The molecule has 2 aromatic rings. The molecule has 100 valence electrons. The van der Waals surface area contributed by atoms with Crippen LogP contribution >= 0.6 is 0 Å². The van der Waals surface area contributed by atoms with Crippen LogP contribution in [-0.4, -0.2) is 0 Å². The SMILES string of the molecule is CC(C)c1cccc(OCc2c(N)cccc2F)c1. The Kier molecular flexibility index (Phi) is 4.05. The molecule has 0 bridgehead atoms. The van der Waals surface area contributed by atoms with Crippen LogP contribution in [0.4, 0.5) is 10.1 Å². The molecule has 0 saturated carbocycles. The molecule has 0 aliphatic carbocycles. The van der Waals surface area contributed by atoms with Crippen molar-refractivity contribution < 1.29 is 9.13 Å². The first-order valence-corrected chi connectivity index (χ1v) is 6.33. The Hall–Kier alpha value is -2.03. The van der Waals surface area contributed by atoms with Crippen molar-refractivity contribution >= 4 is 5.69 Å². The molecule has 0 unspecified atom stereocenters. The van der Waals surface area contributed by atoms with Gasteiger partial charge in [0.25, 0.3) is 0 Å². The quantitative estimate of drug-likeness (QED) is 0.839. The molecule has 2 aromatic carbocycles. The summed E-state index contributed by atoms with van der Waals surface area (Å²) < 4.78 is 19.2. The van der Waals surface area contributed by atoms with Gasteiger partial charge in [-0.25, -0.2) is 4.39 Å². The predicted molar refractivity (Wildman–Crippen MR) is 75.7 cm³/mol. The Bertz CT molecular complexity index is 546. The number of anilines is 1. The van der Waals surface area contributed by atoms with Crippen molar-refractivity contribution in [1.29, 1.82) is 0 Å². The molecule has 0 aromatic heterocycles. The Morgan fingerprint density at radius 2 is 1.89 bits per heavy atom. The highest BCUT2D eigenvalue weighted by Crippen LogP contribution is 2.22. The molecule has 0 atom stereocenters. The Morgan fingerprint density at radius 3 is 2.58 bits per heavy atom. The number of nitrogen functional groups attached to an aromatic ring is 1.